The summed E-state index contributed by atoms with van der Waals surface area (Å²) in [5.41, 5.74) is 0. The molecule has 0 saturated carbocycles. The van der Waals surface area contributed by atoms with Crippen LogP contribution in [0.2, 0.25) is 0 Å². The number of carbonyl (C=O) groups excluding carboxylic acids is 2. The number of ether oxygens (including phenoxy) is 9. The van der Waals surface area contributed by atoms with E-state index in [4.69, 9.17) is 52.8 Å². The summed E-state index contributed by atoms with van der Waals surface area (Å²) in [4.78, 5) is 23.8. The first-order valence-corrected chi connectivity index (χ1v) is 14.9. The molecule has 0 aromatic rings. The second-order valence-corrected chi connectivity index (χ2v) is 9.56. The highest BCUT2D eigenvalue weighted by atomic mass is 16.6. The Kier molecular flexibility index (Phi) is 30.1. The summed E-state index contributed by atoms with van der Waals surface area (Å²) >= 11 is 0. The molecule has 0 amide bonds. The van der Waals surface area contributed by atoms with Gasteiger partial charge in [0, 0.05) is 25.2 Å². The lowest BCUT2D eigenvalue weighted by Gasteiger charge is -2.21. The van der Waals surface area contributed by atoms with Gasteiger partial charge in [0.05, 0.1) is 99.2 Å². The lowest BCUT2D eigenvalue weighted by Crippen LogP contribution is -2.34. The number of rotatable bonds is 34. The molecule has 0 aromatic carbocycles. The van der Waals surface area contributed by atoms with E-state index >= 15 is 0 Å². The van der Waals surface area contributed by atoms with E-state index in [0.29, 0.717) is 13.1 Å². The van der Waals surface area contributed by atoms with Crippen LogP contribution in [0.4, 0.5) is 0 Å². The maximum Gasteiger partial charge on any atom is 0.330 e. The van der Waals surface area contributed by atoms with E-state index in [2.05, 4.69) is 13.2 Å². The summed E-state index contributed by atoms with van der Waals surface area (Å²) in [7, 11) is 0. The van der Waals surface area contributed by atoms with Crippen molar-refractivity contribution >= 4 is 11.9 Å². The predicted molar refractivity (Wildman–Crippen MR) is 161 cm³/mol. The summed E-state index contributed by atoms with van der Waals surface area (Å²) in [5, 5.41) is 47.6. The highest BCUT2D eigenvalue weighted by Gasteiger charge is 2.13. The van der Waals surface area contributed by atoms with E-state index in [1.54, 1.807) is 4.90 Å². The number of carbonyl (C=O) groups is 2. The van der Waals surface area contributed by atoms with E-state index in [-0.39, 0.29) is 112 Å². The first kappa shape index (κ1) is 43.9. The molecule has 0 rings (SSSR count). The summed E-state index contributed by atoms with van der Waals surface area (Å²) in [6.07, 6.45) is -1.37. The third-order valence-electron chi connectivity index (χ3n) is 5.45. The van der Waals surface area contributed by atoms with Crippen LogP contribution >= 0.6 is 0 Å². The molecular weight excluding hydrogens is 618 g/mol. The molecular formula is C29H53NO16. The van der Waals surface area contributed by atoms with Crippen molar-refractivity contribution in [3.05, 3.63) is 25.3 Å². The number of esters is 2. The second kappa shape index (κ2) is 31.5. The van der Waals surface area contributed by atoms with Crippen LogP contribution in [0.25, 0.3) is 0 Å². The van der Waals surface area contributed by atoms with Gasteiger partial charge in [0.2, 0.25) is 0 Å². The summed E-state index contributed by atoms with van der Waals surface area (Å²) in [5.74, 6) is -1.29. The molecule has 0 saturated heterocycles. The molecule has 4 atom stereocenters. The molecule has 46 heavy (non-hydrogen) atoms. The van der Waals surface area contributed by atoms with Crippen molar-refractivity contribution in [1.29, 1.82) is 0 Å². The van der Waals surface area contributed by atoms with Crippen LogP contribution in [0.1, 0.15) is 0 Å². The molecule has 0 aromatic heterocycles. The van der Waals surface area contributed by atoms with Gasteiger partial charge in [-0.25, -0.2) is 9.59 Å². The lowest BCUT2D eigenvalue weighted by molar-refractivity contribution is -0.143. The average molecular weight is 672 g/mol. The average Bonchev–Trinajstić information content (AvgIpc) is 3.04. The van der Waals surface area contributed by atoms with Crippen LogP contribution in [0.15, 0.2) is 25.3 Å². The molecule has 0 heterocycles. The van der Waals surface area contributed by atoms with Crippen molar-refractivity contribution < 1.29 is 77.8 Å². The second-order valence-electron chi connectivity index (χ2n) is 9.56. The molecule has 17 heteroatoms. The Bertz CT molecular complexity index is 755. The van der Waals surface area contributed by atoms with Gasteiger partial charge in [-0.1, -0.05) is 13.2 Å². The smallest absolute Gasteiger partial charge is 0.330 e. The van der Waals surface area contributed by atoms with Crippen molar-refractivity contribution in [2.75, 3.05) is 126 Å². The first-order chi connectivity index (χ1) is 22.2. The zero-order valence-corrected chi connectivity index (χ0v) is 26.5. The normalized spacial score (nSPS) is 14.0. The van der Waals surface area contributed by atoms with Crippen LogP contribution in [-0.2, 0) is 52.2 Å². The highest BCUT2D eigenvalue weighted by Crippen LogP contribution is 1.99. The van der Waals surface area contributed by atoms with E-state index < -0.39 is 36.4 Å². The Balaban J connectivity index is 4.32. The number of hydrogen-bond donors (Lipinski definition) is 5. The topological polar surface area (TPSA) is 222 Å². The van der Waals surface area contributed by atoms with E-state index in [1.807, 2.05) is 0 Å². The Morgan fingerprint density at radius 2 is 0.935 bits per heavy atom. The highest BCUT2D eigenvalue weighted by molar-refractivity contribution is 5.81. The van der Waals surface area contributed by atoms with Gasteiger partial charge in [-0.2, -0.15) is 0 Å². The fraction of sp³-hybridized carbons (Fsp3) is 0.793. The van der Waals surface area contributed by atoms with Crippen LogP contribution in [0, 0.1) is 0 Å². The first-order valence-electron chi connectivity index (χ1n) is 14.9. The Labute approximate surface area is 270 Å². The fourth-order valence-electron chi connectivity index (χ4n) is 3.20. The van der Waals surface area contributed by atoms with Crippen molar-refractivity contribution in [2.24, 2.45) is 0 Å². The fourth-order valence-corrected chi connectivity index (χ4v) is 3.20. The van der Waals surface area contributed by atoms with Crippen molar-refractivity contribution in [1.82, 2.24) is 4.90 Å². The molecule has 270 valence electrons. The maximum atomic E-state index is 11.1. The molecule has 0 fully saturated rings. The summed E-state index contributed by atoms with van der Waals surface area (Å²) < 4.78 is 47.9. The van der Waals surface area contributed by atoms with Crippen LogP contribution < -0.4 is 0 Å². The predicted octanol–water partition coefficient (Wildman–Crippen LogP) is -2.74. The van der Waals surface area contributed by atoms with E-state index in [0.717, 1.165) is 12.2 Å². The molecule has 0 bridgehead atoms. The zero-order chi connectivity index (χ0) is 34.3. The van der Waals surface area contributed by atoms with Gasteiger partial charge in [-0.15, -0.1) is 0 Å². The maximum absolute atomic E-state index is 11.1. The van der Waals surface area contributed by atoms with Crippen molar-refractivity contribution in [3.8, 4) is 0 Å². The Hall–Kier alpha value is -2.10. The molecule has 0 aliphatic heterocycles. The van der Waals surface area contributed by atoms with Crippen molar-refractivity contribution in [2.45, 2.75) is 24.4 Å². The number of aliphatic hydroxyl groups is 5. The van der Waals surface area contributed by atoms with Gasteiger partial charge in [-0.05, 0) is 0 Å². The minimum Gasteiger partial charge on any atom is -0.460 e. The van der Waals surface area contributed by atoms with E-state index in [9.17, 15) is 24.9 Å². The Morgan fingerprint density at radius 3 is 1.35 bits per heavy atom. The summed E-state index contributed by atoms with van der Waals surface area (Å²) in [6, 6.07) is 0. The van der Waals surface area contributed by atoms with Gasteiger partial charge in [-0.3, -0.25) is 4.90 Å². The third-order valence-corrected chi connectivity index (χ3v) is 5.45. The van der Waals surface area contributed by atoms with E-state index in [1.165, 1.54) is 0 Å². The minimum atomic E-state index is -1.00. The lowest BCUT2D eigenvalue weighted by atomic mass is 10.4. The van der Waals surface area contributed by atoms with Gasteiger partial charge >= 0.3 is 11.9 Å². The van der Waals surface area contributed by atoms with Gasteiger partial charge < -0.3 is 68.2 Å². The van der Waals surface area contributed by atoms with Gasteiger partial charge in [0.25, 0.3) is 0 Å². The van der Waals surface area contributed by atoms with Crippen LogP contribution in [-0.4, -0.2) is 192 Å². The molecule has 0 aliphatic carbocycles. The monoisotopic (exact) mass is 671 g/mol. The molecule has 17 nitrogen and oxygen atoms in total. The SMILES string of the molecule is C=CC(=O)OCC(O)COCCOCC(COCCOCC(O)COCN(CCO)CCO)OCCOCC(O)COC(=O)C=C. The molecule has 4 unspecified atom stereocenters. The van der Waals surface area contributed by atoms with Gasteiger partial charge in [0.1, 0.15) is 37.6 Å². The third kappa shape index (κ3) is 28.1. The number of nitrogens with zero attached hydrogens (tertiary/aromatic N) is 1. The van der Waals surface area contributed by atoms with Crippen LogP contribution in [0.5, 0.6) is 0 Å². The van der Waals surface area contributed by atoms with Crippen molar-refractivity contribution in [3.63, 3.8) is 0 Å². The molecule has 0 radical (unpaired) electrons. The number of aliphatic hydroxyl groups excluding tert-OH is 5. The Morgan fingerprint density at radius 1 is 0.565 bits per heavy atom. The number of hydrogen-bond acceptors (Lipinski definition) is 17. The zero-order valence-electron chi connectivity index (χ0n) is 26.5. The molecule has 0 aliphatic rings. The summed E-state index contributed by atoms with van der Waals surface area (Å²) in [6.45, 7) is 8.06. The quantitative estimate of drug-likeness (QED) is 0.0203. The standard InChI is InChI=1S/C29H53NO16/c1-3-28(36)45-19-25(34)16-39-10-12-42-22-27(44-14-13-40-17-26(35)20-46-29(37)4-2)21-41-11-9-38-15-24(33)18-43-23-30(5-7-31)6-8-32/h3-4,24-27,31-35H,1-2,5-23H2. The molecule has 5 N–H and O–H groups in total. The largest absolute Gasteiger partial charge is 0.460 e. The minimum absolute atomic E-state index is 0.0198. The molecule has 0 spiro atoms. The van der Waals surface area contributed by atoms with Gasteiger partial charge in [0.15, 0.2) is 0 Å². The van der Waals surface area contributed by atoms with Crippen LogP contribution in [0.3, 0.4) is 0 Å².